The summed E-state index contributed by atoms with van der Waals surface area (Å²) in [5.74, 6) is -3.35. The summed E-state index contributed by atoms with van der Waals surface area (Å²) >= 11 is 0. The van der Waals surface area contributed by atoms with Crippen LogP contribution in [0.1, 0.15) is 44.2 Å². The van der Waals surface area contributed by atoms with E-state index in [0.717, 1.165) is 31.9 Å². The first kappa shape index (κ1) is 20.4. The molecule has 0 aromatic carbocycles. The number of carboxylic acids is 1. The largest absolute Gasteiger partial charge is 0.481 e. The zero-order valence-corrected chi connectivity index (χ0v) is 17.5. The molecule has 2 bridgehead atoms. The van der Waals surface area contributed by atoms with Gasteiger partial charge < -0.3 is 10.4 Å². The van der Waals surface area contributed by atoms with E-state index in [0.29, 0.717) is 0 Å². The number of nitrogens with zero attached hydrogens (tertiary/aromatic N) is 4. The molecule has 3 aromatic heterocycles. The van der Waals surface area contributed by atoms with Gasteiger partial charge in [-0.2, -0.15) is 5.10 Å². The van der Waals surface area contributed by atoms with Crippen molar-refractivity contribution in [2.24, 2.45) is 17.8 Å². The number of carboxylic acid groups (broad SMARTS) is 1. The number of rotatable bonds is 5. The first-order chi connectivity index (χ1) is 15.8. The van der Waals surface area contributed by atoms with Crippen LogP contribution in [0.4, 0.5) is 19.0 Å². The molecule has 3 aromatic rings. The second kappa shape index (κ2) is 7.13. The Morgan fingerprint density at radius 1 is 1.15 bits per heavy atom. The van der Waals surface area contributed by atoms with Crippen molar-refractivity contribution in [2.45, 2.75) is 50.2 Å². The molecule has 0 amide bonds. The number of pyridine rings is 1. The molecule has 11 heteroatoms. The zero-order valence-electron chi connectivity index (χ0n) is 17.5. The minimum Gasteiger partial charge on any atom is -0.481 e. The Morgan fingerprint density at radius 3 is 2.58 bits per heavy atom. The van der Waals surface area contributed by atoms with Crippen molar-refractivity contribution in [1.82, 2.24) is 25.1 Å². The number of carbonyl (C=O) groups is 1. The van der Waals surface area contributed by atoms with Crippen molar-refractivity contribution in [1.29, 1.82) is 0 Å². The van der Waals surface area contributed by atoms with Gasteiger partial charge in [-0.15, -0.1) is 0 Å². The number of aromatic amines is 1. The lowest BCUT2D eigenvalue weighted by Crippen LogP contribution is -2.51. The van der Waals surface area contributed by atoms with Crippen molar-refractivity contribution in [3.63, 3.8) is 0 Å². The highest BCUT2D eigenvalue weighted by Crippen LogP contribution is 2.51. The number of alkyl halides is 1. The summed E-state index contributed by atoms with van der Waals surface area (Å²) in [6.07, 6.45) is 4.63. The lowest BCUT2D eigenvalue weighted by Gasteiger charge is -2.47. The van der Waals surface area contributed by atoms with Crippen molar-refractivity contribution in [2.75, 3.05) is 5.32 Å². The summed E-state index contributed by atoms with van der Waals surface area (Å²) in [5, 5.41) is 19.8. The molecule has 7 rings (SSSR count). The van der Waals surface area contributed by atoms with Crippen LogP contribution in [0.3, 0.4) is 0 Å². The molecular formula is C22H21F3N6O2. The van der Waals surface area contributed by atoms with Gasteiger partial charge in [-0.25, -0.2) is 28.1 Å². The van der Waals surface area contributed by atoms with Gasteiger partial charge in [0, 0.05) is 6.04 Å². The van der Waals surface area contributed by atoms with Gasteiger partial charge in [0.1, 0.15) is 17.2 Å². The second-order valence-electron chi connectivity index (χ2n) is 9.36. The summed E-state index contributed by atoms with van der Waals surface area (Å²) < 4.78 is 44.3. The van der Waals surface area contributed by atoms with Crippen LogP contribution in [0.25, 0.3) is 22.6 Å². The Balaban J connectivity index is 1.47. The highest BCUT2D eigenvalue weighted by atomic mass is 19.2. The Kier molecular flexibility index (Phi) is 4.40. The van der Waals surface area contributed by atoms with Crippen LogP contribution in [0.15, 0.2) is 12.3 Å². The molecule has 8 nitrogen and oxygen atoms in total. The maximum Gasteiger partial charge on any atom is 0.308 e. The quantitative estimate of drug-likeness (QED) is 0.530. The topological polar surface area (TPSA) is 117 Å². The third-order valence-corrected chi connectivity index (χ3v) is 7.37. The molecule has 0 spiro atoms. The van der Waals surface area contributed by atoms with Crippen LogP contribution in [-0.2, 0) is 10.5 Å². The number of anilines is 1. The number of fused-ring (bicyclic) bond motifs is 4. The number of hydrogen-bond acceptors (Lipinski definition) is 6. The fourth-order valence-electron chi connectivity index (χ4n) is 5.51. The highest BCUT2D eigenvalue weighted by Gasteiger charge is 2.51. The molecule has 3 N–H and O–H groups in total. The van der Waals surface area contributed by atoms with Crippen LogP contribution < -0.4 is 5.32 Å². The number of halogens is 3. The van der Waals surface area contributed by atoms with Crippen LogP contribution in [0.2, 0.25) is 0 Å². The molecule has 172 valence electrons. The molecule has 4 fully saturated rings. The third-order valence-electron chi connectivity index (χ3n) is 7.37. The average Bonchev–Trinajstić information content (AvgIpc) is 3.41. The molecule has 0 saturated heterocycles. The Morgan fingerprint density at radius 2 is 1.88 bits per heavy atom. The van der Waals surface area contributed by atoms with Gasteiger partial charge in [0.05, 0.1) is 17.5 Å². The van der Waals surface area contributed by atoms with Gasteiger partial charge in [-0.1, -0.05) is 0 Å². The Bertz CT molecular complexity index is 1270. The first-order valence-electron chi connectivity index (χ1n) is 11.1. The lowest BCUT2D eigenvalue weighted by molar-refractivity contribution is -0.148. The van der Waals surface area contributed by atoms with Gasteiger partial charge in [0.15, 0.2) is 28.8 Å². The van der Waals surface area contributed by atoms with E-state index in [-0.39, 0.29) is 58.7 Å². The van der Waals surface area contributed by atoms with E-state index < -0.39 is 35.2 Å². The van der Waals surface area contributed by atoms with Crippen LogP contribution in [-0.4, -0.2) is 42.3 Å². The van der Waals surface area contributed by atoms with E-state index in [4.69, 9.17) is 0 Å². The number of H-pyrrole nitrogens is 1. The Labute approximate surface area is 186 Å². The third kappa shape index (κ3) is 3.24. The highest BCUT2D eigenvalue weighted by molar-refractivity contribution is 5.88. The maximum atomic E-state index is 15.5. The van der Waals surface area contributed by atoms with E-state index in [1.54, 1.807) is 0 Å². The smallest absolute Gasteiger partial charge is 0.308 e. The maximum absolute atomic E-state index is 15.5. The van der Waals surface area contributed by atoms with E-state index in [1.165, 1.54) is 6.07 Å². The second-order valence-corrected chi connectivity index (χ2v) is 9.36. The molecule has 4 aliphatic carbocycles. The van der Waals surface area contributed by atoms with E-state index in [1.807, 2.05) is 0 Å². The summed E-state index contributed by atoms with van der Waals surface area (Å²) in [7, 11) is 0. The summed E-state index contributed by atoms with van der Waals surface area (Å²) in [4.78, 5) is 24.3. The van der Waals surface area contributed by atoms with Crippen LogP contribution in [0, 0.1) is 29.4 Å². The zero-order chi connectivity index (χ0) is 22.9. The Hall–Kier alpha value is -3.24. The molecule has 4 saturated carbocycles. The number of aliphatic carboxylic acids is 1. The van der Waals surface area contributed by atoms with Gasteiger partial charge in [-0.3, -0.25) is 9.89 Å². The minimum atomic E-state index is -1.91. The van der Waals surface area contributed by atoms with E-state index >= 15 is 8.78 Å². The normalized spacial score (nSPS) is 27.6. The summed E-state index contributed by atoms with van der Waals surface area (Å²) in [5.41, 5.74) is -1.89. The van der Waals surface area contributed by atoms with Gasteiger partial charge >= 0.3 is 5.97 Å². The van der Waals surface area contributed by atoms with E-state index in [9.17, 15) is 14.3 Å². The molecule has 0 unspecified atom stereocenters. The van der Waals surface area contributed by atoms with Crippen LogP contribution >= 0.6 is 0 Å². The molecule has 0 radical (unpaired) electrons. The SMILES string of the molecule is O=C(O)[C@H]1C2CCC(CC2)[C@@H]1Nc1nc(-c2[nH]nc3ncc(F)cc23)nc(C2(F)CC2)c1F. The van der Waals surface area contributed by atoms with Crippen molar-refractivity contribution < 1.29 is 23.1 Å². The number of hydrogen-bond donors (Lipinski definition) is 3. The van der Waals surface area contributed by atoms with Crippen molar-refractivity contribution in [3.8, 4) is 11.5 Å². The minimum absolute atomic E-state index is 0.00962. The standard InChI is InChI=1S/C22H21F3N6O2/c23-11-7-12-16(30-31-18(12)26-8-11)20-28-17(22(25)5-6-22)14(24)19(29-20)27-15-10-3-1-9(2-4-10)13(15)21(32)33/h7-10,13,15H,1-6H2,(H,32,33)(H,26,30,31)(H,27,28,29)/t9?,10?,13-,15-/m0/s1. The summed E-state index contributed by atoms with van der Waals surface area (Å²) in [6, 6.07) is 0.677. The average molecular weight is 458 g/mol. The predicted octanol–water partition coefficient (Wildman–Crippen LogP) is 3.95. The summed E-state index contributed by atoms with van der Waals surface area (Å²) in [6.45, 7) is 0. The monoisotopic (exact) mass is 458 g/mol. The van der Waals surface area contributed by atoms with Gasteiger partial charge in [0.25, 0.3) is 0 Å². The fraction of sp³-hybridized carbons (Fsp3) is 0.500. The van der Waals surface area contributed by atoms with Gasteiger partial charge in [0.2, 0.25) is 0 Å². The van der Waals surface area contributed by atoms with Crippen molar-refractivity contribution >= 4 is 22.8 Å². The van der Waals surface area contributed by atoms with Gasteiger partial charge in [-0.05, 0) is 56.4 Å². The molecule has 4 aliphatic rings. The number of aromatic nitrogens is 5. The molecular weight excluding hydrogens is 437 g/mol. The molecule has 3 heterocycles. The number of nitrogens with one attached hydrogen (secondary N) is 2. The first-order valence-corrected chi connectivity index (χ1v) is 11.1. The fourth-order valence-corrected chi connectivity index (χ4v) is 5.51. The van der Waals surface area contributed by atoms with Crippen LogP contribution in [0.5, 0.6) is 0 Å². The van der Waals surface area contributed by atoms with E-state index in [2.05, 4.69) is 30.5 Å². The lowest BCUT2D eigenvalue weighted by atomic mass is 9.61. The molecule has 0 aliphatic heterocycles. The molecule has 2 atom stereocenters. The molecule has 33 heavy (non-hydrogen) atoms. The van der Waals surface area contributed by atoms with Crippen molar-refractivity contribution in [3.05, 3.63) is 29.6 Å². The predicted molar refractivity (Wildman–Crippen MR) is 111 cm³/mol.